The number of halogens is 1. The summed E-state index contributed by atoms with van der Waals surface area (Å²) in [6.45, 7) is 1.65. The number of carbonyl (C=O) groups is 2. The Hall–Kier alpha value is -2.89. The molecule has 0 saturated heterocycles. The quantitative estimate of drug-likeness (QED) is 0.731. The van der Waals surface area contributed by atoms with Gasteiger partial charge in [0.05, 0.1) is 0 Å². The molecule has 0 bridgehead atoms. The summed E-state index contributed by atoms with van der Waals surface area (Å²) in [7, 11) is 0. The number of benzene rings is 2. The summed E-state index contributed by atoms with van der Waals surface area (Å²) >= 11 is 0. The van der Waals surface area contributed by atoms with Crippen LogP contribution in [0.2, 0.25) is 0 Å². The zero-order valence-electron chi connectivity index (χ0n) is 15.8. The Morgan fingerprint density at radius 2 is 1.64 bits per heavy atom. The van der Waals surface area contributed by atoms with E-state index in [1.165, 1.54) is 30.7 Å². The molecule has 1 atom stereocenters. The highest BCUT2D eigenvalue weighted by atomic mass is 19.1. The van der Waals surface area contributed by atoms with Crippen molar-refractivity contribution in [3.8, 4) is 5.75 Å². The zero-order chi connectivity index (χ0) is 19.9. The number of hydrogen-bond donors (Lipinski definition) is 1. The highest BCUT2D eigenvalue weighted by molar-refractivity contribution is 6.04. The molecule has 148 valence electrons. The lowest BCUT2D eigenvalue weighted by Crippen LogP contribution is -2.31. The second-order valence-electron chi connectivity index (χ2n) is 6.94. The van der Waals surface area contributed by atoms with Crippen LogP contribution in [0.15, 0.2) is 48.5 Å². The highest BCUT2D eigenvalue weighted by Gasteiger charge is 2.23. The van der Waals surface area contributed by atoms with Gasteiger partial charge in [-0.2, -0.15) is 0 Å². The van der Waals surface area contributed by atoms with Crippen LogP contribution in [0.3, 0.4) is 0 Å². The Labute approximate surface area is 163 Å². The molecule has 1 aliphatic carbocycles. The van der Waals surface area contributed by atoms with E-state index in [1.54, 1.807) is 31.2 Å². The Bertz CT molecular complexity index is 798. The highest BCUT2D eigenvalue weighted by Crippen LogP contribution is 2.22. The maximum absolute atomic E-state index is 12.9. The fourth-order valence-corrected chi connectivity index (χ4v) is 3.12. The van der Waals surface area contributed by atoms with E-state index in [0.717, 1.165) is 25.7 Å². The molecule has 28 heavy (non-hydrogen) atoms. The molecule has 1 aliphatic rings. The van der Waals surface area contributed by atoms with Gasteiger partial charge < -0.3 is 14.8 Å². The molecule has 0 heterocycles. The first-order chi connectivity index (χ1) is 13.5. The average molecular weight is 385 g/mol. The molecule has 0 aliphatic heterocycles. The van der Waals surface area contributed by atoms with Gasteiger partial charge in [-0.15, -0.1) is 0 Å². The molecule has 1 amide bonds. The largest absolute Gasteiger partial charge is 0.479 e. The molecule has 2 aromatic carbocycles. The molecule has 5 nitrogen and oxygen atoms in total. The minimum atomic E-state index is -0.721. The summed E-state index contributed by atoms with van der Waals surface area (Å²) in [5, 5.41) is 2.69. The summed E-state index contributed by atoms with van der Waals surface area (Å²) < 4.78 is 24.1. The first-order valence-corrected chi connectivity index (χ1v) is 9.55. The van der Waals surface area contributed by atoms with Gasteiger partial charge in [0.2, 0.25) is 0 Å². The second-order valence-corrected chi connectivity index (χ2v) is 6.94. The molecule has 3 rings (SSSR count). The Morgan fingerprint density at radius 1 is 1.00 bits per heavy atom. The Balaban J connectivity index is 1.52. The van der Waals surface area contributed by atoms with Gasteiger partial charge in [0, 0.05) is 11.3 Å². The molecule has 0 unspecified atom stereocenters. The molecule has 1 N–H and O–H groups in total. The fourth-order valence-electron chi connectivity index (χ4n) is 3.12. The normalized spacial score (nSPS) is 15.5. The minimum Gasteiger partial charge on any atom is -0.479 e. The van der Waals surface area contributed by atoms with E-state index < -0.39 is 6.10 Å². The number of ether oxygens (including phenoxy) is 2. The topological polar surface area (TPSA) is 64.6 Å². The number of anilines is 1. The first kappa shape index (κ1) is 19.9. The van der Waals surface area contributed by atoms with Crippen molar-refractivity contribution in [2.75, 3.05) is 5.32 Å². The standard InChI is InChI=1S/C22H24FNO4/c1-15(22(26)28-19-5-3-2-4-6-19)27-20-13-7-16(8-14-20)21(25)24-18-11-9-17(23)10-12-18/h7-15,19H,2-6H2,1H3,(H,24,25)/t15-/m0/s1. The maximum atomic E-state index is 12.9. The van der Waals surface area contributed by atoms with Crippen LogP contribution in [-0.2, 0) is 9.53 Å². The van der Waals surface area contributed by atoms with Gasteiger partial charge in [-0.1, -0.05) is 6.42 Å². The van der Waals surface area contributed by atoms with Crippen molar-refractivity contribution in [1.82, 2.24) is 0 Å². The van der Waals surface area contributed by atoms with Gasteiger partial charge in [0.1, 0.15) is 17.7 Å². The van der Waals surface area contributed by atoms with Gasteiger partial charge in [-0.3, -0.25) is 4.79 Å². The number of hydrogen-bond acceptors (Lipinski definition) is 4. The lowest BCUT2D eigenvalue weighted by molar-refractivity contribution is -0.158. The zero-order valence-corrected chi connectivity index (χ0v) is 15.8. The summed E-state index contributed by atoms with van der Waals surface area (Å²) in [4.78, 5) is 24.4. The van der Waals surface area contributed by atoms with E-state index in [-0.39, 0.29) is 23.8 Å². The van der Waals surface area contributed by atoms with Gasteiger partial charge in [-0.05, 0) is 81.1 Å². The molecule has 2 aromatic rings. The molecule has 0 aromatic heterocycles. The summed E-state index contributed by atoms with van der Waals surface area (Å²) in [6, 6.07) is 12.0. The number of nitrogens with one attached hydrogen (secondary N) is 1. The monoisotopic (exact) mass is 385 g/mol. The van der Waals surface area contributed by atoms with Crippen LogP contribution in [0, 0.1) is 5.82 Å². The number of carbonyl (C=O) groups excluding carboxylic acids is 2. The number of esters is 1. The van der Waals surface area contributed by atoms with Crippen molar-refractivity contribution < 1.29 is 23.5 Å². The van der Waals surface area contributed by atoms with Gasteiger partial charge in [0.15, 0.2) is 6.10 Å². The SMILES string of the molecule is C[C@H](Oc1ccc(C(=O)Nc2ccc(F)cc2)cc1)C(=O)OC1CCCCC1. The second kappa shape index (κ2) is 9.35. The minimum absolute atomic E-state index is 0.00941. The van der Waals surface area contributed by atoms with E-state index in [2.05, 4.69) is 5.32 Å². The lowest BCUT2D eigenvalue weighted by atomic mass is 9.98. The predicted molar refractivity (Wildman–Crippen MR) is 104 cm³/mol. The van der Waals surface area contributed by atoms with E-state index in [4.69, 9.17) is 9.47 Å². The third-order valence-electron chi connectivity index (χ3n) is 4.70. The predicted octanol–water partition coefficient (Wildman–Crippen LogP) is 4.72. The van der Waals surface area contributed by atoms with Crippen LogP contribution in [0.5, 0.6) is 5.75 Å². The number of amides is 1. The van der Waals surface area contributed by atoms with Gasteiger partial charge in [0.25, 0.3) is 5.91 Å². The van der Waals surface area contributed by atoms with Crippen molar-refractivity contribution >= 4 is 17.6 Å². The molecular formula is C22H24FNO4. The van der Waals surface area contributed by atoms with Crippen LogP contribution in [-0.4, -0.2) is 24.1 Å². The van der Waals surface area contributed by atoms with Crippen LogP contribution in [0.4, 0.5) is 10.1 Å². The fraction of sp³-hybridized carbons (Fsp3) is 0.364. The summed E-state index contributed by atoms with van der Waals surface area (Å²) in [5.41, 5.74) is 0.930. The van der Waals surface area contributed by atoms with Crippen LogP contribution in [0.1, 0.15) is 49.4 Å². The van der Waals surface area contributed by atoms with Crippen molar-refractivity contribution in [2.45, 2.75) is 51.2 Å². The molecule has 1 saturated carbocycles. The Kier molecular flexibility index (Phi) is 6.63. The van der Waals surface area contributed by atoms with Crippen molar-refractivity contribution in [3.05, 3.63) is 59.9 Å². The van der Waals surface area contributed by atoms with Gasteiger partial charge in [-0.25, -0.2) is 9.18 Å². The molecule has 6 heteroatoms. The van der Waals surface area contributed by atoms with Crippen LogP contribution >= 0.6 is 0 Å². The summed E-state index contributed by atoms with van der Waals surface area (Å²) in [5.74, 6) is -0.574. The van der Waals surface area contributed by atoms with Crippen LogP contribution in [0.25, 0.3) is 0 Å². The van der Waals surface area contributed by atoms with E-state index in [1.807, 2.05) is 0 Å². The molecule has 0 spiro atoms. The first-order valence-electron chi connectivity index (χ1n) is 9.55. The van der Waals surface area contributed by atoms with Crippen molar-refractivity contribution in [1.29, 1.82) is 0 Å². The molecule has 0 radical (unpaired) electrons. The lowest BCUT2D eigenvalue weighted by Gasteiger charge is -2.23. The smallest absolute Gasteiger partial charge is 0.347 e. The third-order valence-corrected chi connectivity index (χ3v) is 4.70. The van der Waals surface area contributed by atoms with E-state index in [0.29, 0.717) is 17.0 Å². The van der Waals surface area contributed by atoms with Crippen LogP contribution < -0.4 is 10.1 Å². The van der Waals surface area contributed by atoms with E-state index >= 15 is 0 Å². The number of rotatable bonds is 6. The summed E-state index contributed by atoms with van der Waals surface area (Å²) in [6.07, 6.45) is 4.47. The average Bonchev–Trinajstić information content (AvgIpc) is 2.71. The van der Waals surface area contributed by atoms with Gasteiger partial charge >= 0.3 is 5.97 Å². The van der Waals surface area contributed by atoms with Crippen molar-refractivity contribution in [2.24, 2.45) is 0 Å². The van der Waals surface area contributed by atoms with E-state index in [9.17, 15) is 14.0 Å². The maximum Gasteiger partial charge on any atom is 0.347 e. The third kappa shape index (κ3) is 5.55. The Morgan fingerprint density at radius 3 is 2.29 bits per heavy atom. The molecule has 1 fully saturated rings. The van der Waals surface area contributed by atoms with Crippen molar-refractivity contribution in [3.63, 3.8) is 0 Å². The molecular weight excluding hydrogens is 361 g/mol.